The van der Waals surface area contributed by atoms with Gasteiger partial charge in [-0.25, -0.2) is 5.43 Å². The molecule has 6 nitrogen and oxygen atoms in total. The Labute approximate surface area is 163 Å². The predicted octanol–water partition coefficient (Wildman–Crippen LogP) is 3.79. The van der Waals surface area contributed by atoms with E-state index in [1.165, 1.54) is 11.6 Å². The molecule has 0 unspecified atom stereocenters. The van der Waals surface area contributed by atoms with E-state index in [1.54, 1.807) is 31.4 Å². The first-order valence-corrected chi connectivity index (χ1v) is 8.67. The van der Waals surface area contributed by atoms with Crippen LogP contribution in [-0.2, 0) is 11.4 Å². The smallest absolute Gasteiger partial charge is 0.254 e. The first kappa shape index (κ1) is 18.9. The van der Waals surface area contributed by atoms with E-state index >= 15 is 0 Å². The largest absolute Gasteiger partial charge is 0.493 e. The van der Waals surface area contributed by atoms with Crippen molar-refractivity contribution in [1.29, 1.82) is 5.26 Å². The molecule has 3 rings (SSSR count). The zero-order valence-corrected chi connectivity index (χ0v) is 15.4. The topological polar surface area (TPSA) is 83.7 Å². The third kappa shape index (κ3) is 4.65. The van der Waals surface area contributed by atoms with Crippen molar-refractivity contribution in [2.24, 2.45) is 5.10 Å². The number of hydrogen-bond donors (Lipinski definition) is 1. The molecule has 140 valence electrons. The highest BCUT2D eigenvalue weighted by Crippen LogP contribution is 2.29. The molecule has 3 aromatic rings. The molecule has 3 aromatic carbocycles. The van der Waals surface area contributed by atoms with Crippen LogP contribution in [0.25, 0.3) is 10.8 Å². The number of carbonyl (C=O) groups excluding carboxylic acids is 1. The van der Waals surface area contributed by atoms with Crippen molar-refractivity contribution in [1.82, 2.24) is 5.43 Å². The monoisotopic (exact) mass is 373 g/mol. The van der Waals surface area contributed by atoms with Crippen LogP contribution in [0.3, 0.4) is 0 Å². The van der Waals surface area contributed by atoms with Crippen LogP contribution < -0.4 is 14.9 Å². The fourth-order valence-electron chi connectivity index (χ4n) is 2.75. The molecule has 1 amide bonds. The number of amides is 1. The van der Waals surface area contributed by atoms with Gasteiger partial charge < -0.3 is 9.47 Å². The lowest BCUT2D eigenvalue weighted by Gasteiger charge is -2.12. The molecule has 0 bridgehead atoms. The van der Waals surface area contributed by atoms with E-state index in [0.29, 0.717) is 18.1 Å². The molecule has 0 aliphatic carbocycles. The van der Waals surface area contributed by atoms with E-state index in [1.807, 2.05) is 24.3 Å². The molecule has 28 heavy (non-hydrogen) atoms. The van der Waals surface area contributed by atoms with Crippen LogP contribution >= 0.6 is 0 Å². The van der Waals surface area contributed by atoms with E-state index in [9.17, 15) is 4.79 Å². The fraction of sp³-hybridized carbons (Fsp3) is 0.136. The van der Waals surface area contributed by atoms with E-state index in [0.717, 1.165) is 16.5 Å². The second-order valence-electron chi connectivity index (χ2n) is 5.97. The molecule has 0 heterocycles. The summed E-state index contributed by atoms with van der Waals surface area (Å²) in [5, 5.41) is 14.6. The summed E-state index contributed by atoms with van der Waals surface area (Å²) in [7, 11) is 1.57. The summed E-state index contributed by atoms with van der Waals surface area (Å²) in [6.07, 6.45) is 1.24. The van der Waals surface area contributed by atoms with E-state index in [-0.39, 0.29) is 6.42 Å². The minimum absolute atomic E-state index is 0.235. The molecule has 0 aromatic heterocycles. The highest BCUT2D eigenvalue weighted by atomic mass is 16.5. The summed E-state index contributed by atoms with van der Waals surface area (Å²) in [6.45, 7) is 0.412. The lowest BCUT2D eigenvalue weighted by molar-refractivity contribution is -0.120. The summed E-state index contributed by atoms with van der Waals surface area (Å²) in [4.78, 5) is 11.2. The number of hydrazone groups is 1. The predicted molar refractivity (Wildman–Crippen MR) is 107 cm³/mol. The molecular formula is C22H19N3O3. The molecule has 0 aliphatic rings. The van der Waals surface area contributed by atoms with Crippen molar-refractivity contribution in [2.45, 2.75) is 13.0 Å². The van der Waals surface area contributed by atoms with Gasteiger partial charge in [0.15, 0.2) is 11.5 Å². The summed E-state index contributed by atoms with van der Waals surface area (Å²) in [5.74, 6) is 0.717. The first-order chi connectivity index (χ1) is 13.7. The number of benzene rings is 3. The van der Waals surface area contributed by atoms with Crippen LogP contribution in [0, 0.1) is 11.3 Å². The Kier molecular flexibility index (Phi) is 6.21. The van der Waals surface area contributed by atoms with Gasteiger partial charge in [-0.05, 0) is 40.1 Å². The summed E-state index contributed by atoms with van der Waals surface area (Å²) >= 11 is 0. The van der Waals surface area contributed by atoms with Crippen molar-refractivity contribution < 1.29 is 14.3 Å². The first-order valence-electron chi connectivity index (χ1n) is 8.67. The Bertz CT molecular complexity index is 1050. The lowest BCUT2D eigenvalue weighted by Crippen LogP contribution is -2.16. The van der Waals surface area contributed by atoms with Crippen molar-refractivity contribution in [3.8, 4) is 17.6 Å². The van der Waals surface area contributed by atoms with Gasteiger partial charge in [0.05, 0.1) is 19.4 Å². The third-order valence-corrected chi connectivity index (χ3v) is 4.09. The number of nitrogens with zero attached hydrogens (tertiary/aromatic N) is 2. The van der Waals surface area contributed by atoms with Gasteiger partial charge in [-0.1, -0.05) is 42.5 Å². The van der Waals surface area contributed by atoms with Crippen molar-refractivity contribution >= 4 is 22.9 Å². The molecule has 1 N–H and O–H groups in total. The number of rotatable bonds is 7. The van der Waals surface area contributed by atoms with Gasteiger partial charge in [-0.2, -0.15) is 10.4 Å². The van der Waals surface area contributed by atoms with Gasteiger partial charge in [-0.3, -0.25) is 4.79 Å². The number of ether oxygens (including phenoxy) is 2. The van der Waals surface area contributed by atoms with Crippen molar-refractivity contribution in [3.05, 3.63) is 71.8 Å². The zero-order chi connectivity index (χ0) is 19.8. The van der Waals surface area contributed by atoms with Gasteiger partial charge in [0.1, 0.15) is 13.0 Å². The second-order valence-corrected chi connectivity index (χ2v) is 5.97. The van der Waals surface area contributed by atoms with Gasteiger partial charge in [0.2, 0.25) is 0 Å². The molecule has 0 saturated heterocycles. The van der Waals surface area contributed by atoms with E-state index in [4.69, 9.17) is 14.7 Å². The Balaban J connectivity index is 1.71. The van der Waals surface area contributed by atoms with Gasteiger partial charge in [-0.15, -0.1) is 0 Å². The van der Waals surface area contributed by atoms with Crippen LogP contribution in [0.15, 0.2) is 65.8 Å². The van der Waals surface area contributed by atoms with E-state index < -0.39 is 5.91 Å². The maximum absolute atomic E-state index is 11.2. The molecule has 0 radical (unpaired) electrons. The van der Waals surface area contributed by atoms with Crippen LogP contribution in [0.2, 0.25) is 0 Å². The minimum Gasteiger partial charge on any atom is -0.493 e. The number of fused-ring (bicyclic) bond motifs is 1. The summed E-state index contributed by atoms with van der Waals surface area (Å²) in [5.41, 5.74) is 4.10. The zero-order valence-electron chi connectivity index (χ0n) is 15.4. The summed E-state index contributed by atoms with van der Waals surface area (Å²) < 4.78 is 11.4. The molecule has 0 spiro atoms. The quantitative estimate of drug-likeness (QED) is 0.504. The van der Waals surface area contributed by atoms with E-state index in [2.05, 4.69) is 28.7 Å². The Hall–Kier alpha value is -3.85. The molecule has 0 aliphatic heterocycles. The Morgan fingerprint density at radius 1 is 1.14 bits per heavy atom. The SMILES string of the molecule is COc1cc(/C=N\NC(=O)CC#N)ccc1OCc1cccc2ccccc12. The van der Waals surface area contributed by atoms with Crippen molar-refractivity contribution in [2.75, 3.05) is 7.11 Å². The third-order valence-electron chi connectivity index (χ3n) is 4.09. The number of carbonyl (C=O) groups is 1. The van der Waals surface area contributed by atoms with Crippen LogP contribution in [0.5, 0.6) is 11.5 Å². The highest BCUT2D eigenvalue weighted by Gasteiger charge is 2.07. The molecule has 6 heteroatoms. The van der Waals surface area contributed by atoms with Gasteiger partial charge >= 0.3 is 0 Å². The Morgan fingerprint density at radius 2 is 1.96 bits per heavy atom. The average molecular weight is 373 g/mol. The van der Waals surface area contributed by atoms with Gasteiger partial charge in [0, 0.05) is 0 Å². The highest BCUT2D eigenvalue weighted by molar-refractivity contribution is 5.86. The lowest BCUT2D eigenvalue weighted by atomic mass is 10.1. The standard InChI is InChI=1S/C22H19N3O3/c1-27-21-13-16(14-24-25-22(26)11-12-23)9-10-20(21)28-15-18-7-4-6-17-5-2-3-8-19(17)18/h2-10,13-14H,11,15H2,1H3,(H,25,26)/b24-14-. The number of methoxy groups -OCH3 is 1. The summed E-state index contributed by atoms with van der Waals surface area (Å²) in [6, 6.07) is 21.4. The number of nitriles is 1. The normalized spacial score (nSPS) is 10.6. The second kappa shape index (κ2) is 9.19. The maximum Gasteiger partial charge on any atom is 0.254 e. The van der Waals surface area contributed by atoms with Crippen LogP contribution in [0.1, 0.15) is 17.5 Å². The molecule has 0 fully saturated rings. The Morgan fingerprint density at radius 3 is 2.79 bits per heavy atom. The molecular weight excluding hydrogens is 354 g/mol. The van der Waals surface area contributed by atoms with Crippen molar-refractivity contribution in [3.63, 3.8) is 0 Å². The fourth-order valence-corrected chi connectivity index (χ4v) is 2.75. The maximum atomic E-state index is 11.2. The molecule has 0 saturated carbocycles. The number of hydrogen-bond acceptors (Lipinski definition) is 5. The van der Waals surface area contributed by atoms with Gasteiger partial charge in [0.25, 0.3) is 5.91 Å². The van der Waals surface area contributed by atoms with Crippen LogP contribution in [0.4, 0.5) is 0 Å². The molecule has 0 atom stereocenters. The average Bonchev–Trinajstić information content (AvgIpc) is 2.72. The van der Waals surface area contributed by atoms with Crippen LogP contribution in [-0.4, -0.2) is 19.2 Å². The minimum atomic E-state index is -0.458. The number of nitrogens with one attached hydrogen (secondary N) is 1.